The number of hydrogen-bond donors (Lipinski definition) is 2. The SMILES string of the molecule is COC1(C(Cc2ccc(I)cc2)NN)CCC(C)(C)CC1. The van der Waals surface area contributed by atoms with Gasteiger partial charge in [-0.1, -0.05) is 26.0 Å². The van der Waals surface area contributed by atoms with E-state index in [4.69, 9.17) is 10.6 Å². The van der Waals surface area contributed by atoms with Gasteiger partial charge in [0.25, 0.3) is 0 Å². The number of benzene rings is 1. The minimum absolute atomic E-state index is 0.146. The Labute approximate surface area is 142 Å². The molecule has 21 heavy (non-hydrogen) atoms. The lowest BCUT2D eigenvalue weighted by atomic mass is 9.67. The largest absolute Gasteiger partial charge is 0.377 e. The summed E-state index contributed by atoms with van der Waals surface area (Å²) in [6, 6.07) is 8.81. The lowest BCUT2D eigenvalue weighted by Gasteiger charge is -2.47. The summed E-state index contributed by atoms with van der Waals surface area (Å²) in [6.07, 6.45) is 5.41. The van der Waals surface area contributed by atoms with Crippen LogP contribution in [0.25, 0.3) is 0 Å². The molecule has 1 aromatic rings. The first-order chi connectivity index (χ1) is 9.91. The van der Waals surface area contributed by atoms with Crippen LogP contribution in [-0.2, 0) is 11.2 Å². The van der Waals surface area contributed by atoms with Crippen molar-refractivity contribution < 1.29 is 4.74 Å². The lowest BCUT2D eigenvalue weighted by Crippen LogP contribution is -2.57. The zero-order valence-electron chi connectivity index (χ0n) is 13.3. The first-order valence-corrected chi connectivity index (χ1v) is 8.74. The van der Waals surface area contributed by atoms with E-state index in [0.717, 1.165) is 19.3 Å². The maximum atomic E-state index is 5.98. The Balaban J connectivity index is 2.12. The summed E-state index contributed by atoms with van der Waals surface area (Å²) in [7, 11) is 1.83. The Morgan fingerprint density at radius 2 is 1.76 bits per heavy atom. The van der Waals surface area contributed by atoms with Gasteiger partial charge in [-0.15, -0.1) is 0 Å². The first-order valence-electron chi connectivity index (χ1n) is 7.66. The molecule has 2 rings (SSSR count). The molecule has 1 atom stereocenters. The second kappa shape index (κ2) is 6.94. The van der Waals surface area contributed by atoms with Gasteiger partial charge in [-0.05, 0) is 77.8 Å². The first kappa shape index (κ1) is 17.2. The van der Waals surface area contributed by atoms with E-state index in [0.29, 0.717) is 5.41 Å². The van der Waals surface area contributed by atoms with Crippen LogP contribution in [0.4, 0.5) is 0 Å². The van der Waals surface area contributed by atoms with Crippen molar-refractivity contribution >= 4 is 22.6 Å². The number of methoxy groups -OCH3 is 1. The third kappa shape index (κ3) is 4.18. The Morgan fingerprint density at radius 1 is 1.19 bits per heavy atom. The Kier molecular flexibility index (Phi) is 5.68. The number of rotatable bonds is 5. The molecule has 1 aliphatic rings. The van der Waals surface area contributed by atoms with Crippen LogP contribution in [0.2, 0.25) is 0 Å². The van der Waals surface area contributed by atoms with Crippen LogP contribution in [0.15, 0.2) is 24.3 Å². The van der Waals surface area contributed by atoms with Crippen molar-refractivity contribution in [2.75, 3.05) is 7.11 Å². The van der Waals surface area contributed by atoms with Crippen molar-refractivity contribution in [3.05, 3.63) is 33.4 Å². The van der Waals surface area contributed by atoms with Crippen LogP contribution in [0.1, 0.15) is 45.1 Å². The summed E-state index contributed by atoms with van der Waals surface area (Å²) in [4.78, 5) is 0. The molecule has 0 radical (unpaired) electrons. The summed E-state index contributed by atoms with van der Waals surface area (Å²) in [5.74, 6) is 5.88. The number of nitrogens with one attached hydrogen (secondary N) is 1. The van der Waals surface area contributed by atoms with Crippen LogP contribution in [0.5, 0.6) is 0 Å². The second-order valence-corrected chi connectivity index (χ2v) is 8.23. The zero-order chi connectivity index (χ0) is 15.5. The number of halogens is 1. The molecule has 118 valence electrons. The molecule has 1 aromatic carbocycles. The molecular weight excluding hydrogens is 375 g/mol. The summed E-state index contributed by atoms with van der Waals surface area (Å²) < 4.78 is 7.24. The molecule has 0 bridgehead atoms. The van der Waals surface area contributed by atoms with Gasteiger partial charge in [0.1, 0.15) is 0 Å². The third-order valence-corrected chi connectivity index (χ3v) is 5.76. The average molecular weight is 402 g/mol. The molecular formula is C17H27IN2O. The third-order valence-electron chi connectivity index (χ3n) is 5.05. The van der Waals surface area contributed by atoms with Gasteiger partial charge in [-0.25, -0.2) is 0 Å². The predicted molar refractivity (Wildman–Crippen MR) is 96.0 cm³/mol. The predicted octanol–water partition coefficient (Wildman–Crippen LogP) is 3.65. The van der Waals surface area contributed by atoms with Gasteiger partial charge < -0.3 is 4.74 Å². The highest BCUT2D eigenvalue weighted by molar-refractivity contribution is 14.1. The van der Waals surface area contributed by atoms with Gasteiger partial charge in [0.05, 0.1) is 11.6 Å². The lowest BCUT2D eigenvalue weighted by molar-refractivity contribution is -0.0862. The van der Waals surface area contributed by atoms with Crippen molar-refractivity contribution in [3.8, 4) is 0 Å². The molecule has 1 fully saturated rings. The molecule has 0 aliphatic heterocycles. The molecule has 3 N–H and O–H groups in total. The van der Waals surface area contributed by atoms with Crippen molar-refractivity contribution in [1.82, 2.24) is 5.43 Å². The Bertz CT molecular complexity index is 448. The molecule has 0 aromatic heterocycles. The van der Waals surface area contributed by atoms with Crippen LogP contribution >= 0.6 is 22.6 Å². The maximum Gasteiger partial charge on any atom is 0.0848 e. The maximum absolute atomic E-state index is 5.98. The van der Waals surface area contributed by atoms with Crippen molar-refractivity contribution in [2.24, 2.45) is 11.3 Å². The number of nitrogens with two attached hydrogens (primary N) is 1. The van der Waals surface area contributed by atoms with Gasteiger partial charge in [0, 0.05) is 10.7 Å². The molecule has 1 aliphatic carbocycles. The number of hydrogen-bond acceptors (Lipinski definition) is 3. The fourth-order valence-corrected chi connectivity index (χ4v) is 3.66. The minimum Gasteiger partial charge on any atom is -0.377 e. The molecule has 3 nitrogen and oxygen atoms in total. The highest BCUT2D eigenvalue weighted by Gasteiger charge is 2.43. The van der Waals surface area contributed by atoms with Crippen molar-refractivity contribution in [1.29, 1.82) is 0 Å². The van der Waals surface area contributed by atoms with Crippen molar-refractivity contribution in [3.63, 3.8) is 0 Å². The highest BCUT2D eigenvalue weighted by atomic mass is 127. The summed E-state index contributed by atoms with van der Waals surface area (Å²) >= 11 is 2.33. The van der Waals surface area contributed by atoms with E-state index in [1.54, 1.807) is 0 Å². The van der Waals surface area contributed by atoms with E-state index in [1.165, 1.54) is 22.0 Å². The minimum atomic E-state index is -0.146. The van der Waals surface area contributed by atoms with Crippen molar-refractivity contribution in [2.45, 2.75) is 57.6 Å². The molecule has 0 amide bonds. The Hall–Kier alpha value is -0.170. The molecule has 0 spiro atoms. The van der Waals surface area contributed by atoms with Gasteiger partial charge >= 0.3 is 0 Å². The Morgan fingerprint density at radius 3 is 2.24 bits per heavy atom. The molecule has 4 heteroatoms. The fraction of sp³-hybridized carbons (Fsp3) is 0.647. The smallest absolute Gasteiger partial charge is 0.0848 e. The highest BCUT2D eigenvalue weighted by Crippen LogP contribution is 2.43. The molecule has 0 saturated heterocycles. The quantitative estimate of drug-likeness (QED) is 0.449. The van der Waals surface area contributed by atoms with E-state index in [1.807, 2.05) is 7.11 Å². The van der Waals surface area contributed by atoms with Gasteiger partial charge in [-0.3, -0.25) is 11.3 Å². The van der Waals surface area contributed by atoms with Crippen LogP contribution in [-0.4, -0.2) is 18.8 Å². The molecule has 1 saturated carbocycles. The monoisotopic (exact) mass is 402 g/mol. The number of ether oxygens (including phenoxy) is 1. The number of hydrazine groups is 1. The fourth-order valence-electron chi connectivity index (χ4n) is 3.30. The zero-order valence-corrected chi connectivity index (χ0v) is 15.4. The summed E-state index contributed by atoms with van der Waals surface area (Å²) in [5.41, 5.74) is 4.61. The average Bonchev–Trinajstić information content (AvgIpc) is 2.48. The van der Waals surface area contributed by atoms with E-state index in [9.17, 15) is 0 Å². The van der Waals surface area contributed by atoms with Gasteiger partial charge in [0.15, 0.2) is 0 Å². The standard InChI is InChI=1S/C17H27IN2O/c1-16(2)8-10-17(21-3,11-9-16)15(20-19)12-13-4-6-14(18)7-5-13/h4-7,15,20H,8-12,19H2,1-3H3. The van der Waals surface area contributed by atoms with E-state index >= 15 is 0 Å². The molecule has 0 heterocycles. The second-order valence-electron chi connectivity index (χ2n) is 6.98. The topological polar surface area (TPSA) is 47.3 Å². The van der Waals surface area contributed by atoms with Gasteiger partial charge in [0.2, 0.25) is 0 Å². The van der Waals surface area contributed by atoms with Crippen LogP contribution < -0.4 is 11.3 Å². The molecule has 1 unspecified atom stereocenters. The van der Waals surface area contributed by atoms with E-state index in [-0.39, 0.29) is 11.6 Å². The van der Waals surface area contributed by atoms with E-state index < -0.39 is 0 Å². The normalized spacial score (nSPS) is 22.0. The van der Waals surface area contributed by atoms with Crippen LogP contribution in [0.3, 0.4) is 0 Å². The van der Waals surface area contributed by atoms with Gasteiger partial charge in [-0.2, -0.15) is 0 Å². The summed E-state index contributed by atoms with van der Waals surface area (Å²) in [6.45, 7) is 4.69. The van der Waals surface area contributed by atoms with Crippen LogP contribution in [0, 0.1) is 8.99 Å². The van der Waals surface area contributed by atoms with E-state index in [2.05, 4.69) is 66.1 Å². The summed E-state index contributed by atoms with van der Waals surface area (Å²) in [5, 5.41) is 0.